The Labute approximate surface area is 119 Å². The van der Waals surface area contributed by atoms with E-state index in [1.54, 1.807) is 0 Å². The molecule has 0 amide bonds. The summed E-state index contributed by atoms with van der Waals surface area (Å²) in [4.78, 5) is 13.6. The second-order valence-corrected chi connectivity index (χ2v) is 5.17. The van der Waals surface area contributed by atoms with Crippen molar-refractivity contribution in [2.75, 3.05) is 19.8 Å². The molecule has 0 rings (SSSR count). The van der Waals surface area contributed by atoms with Crippen LogP contribution in [-0.2, 0) is 9.53 Å². The monoisotopic (exact) mass is 271 g/mol. The van der Waals surface area contributed by atoms with E-state index < -0.39 is 0 Å². The summed E-state index contributed by atoms with van der Waals surface area (Å²) < 4.78 is 5.23. The number of unbranched alkanes of at least 4 members (excludes halogenated alkanes) is 7. The van der Waals surface area contributed by atoms with Gasteiger partial charge in [0.2, 0.25) is 0 Å². The summed E-state index contributed by atoms with van der Waals surface area (Å²) in [6.07, 6.45) is 10.7. The number of rotatable bonds is 13. The molecule has 19 heavy (non-hydrogen) atoms. The van der Waals surface area contributed by atoms with Crippen molar-refractivity contribution < 1.29 is 9.53 Å². The first-order chi connectivity index (χ1) is 9.24. The van der Waals surface area contributed by atoms with Crippen molar-refractivity contribution in [3.8, 4) is 0 Å². The highest BCUT2D eigenvalue weighted by atomic mass is 16.5. The van der Waals surface area contributed by atoms with Crippen LogP contribution in [0.25, 0.3) is 0 Å². The largest absolute Gasteiger partial charge is 0.449 e. The maximum Gasteiger partial charge on any atom is 0.307 e. The highest BCUT2D eigenvalue weighted by molar-refractivity contribution is 5.69. The fraction of sp³-hybridized carbons (Fsp3) is 0.938. The van der Waals surface area contributed by atoms with Crippen LogP contribution in [-0.4, -0.2) is 30.7 Å². The van der Waals surface area contributed by atoms with Crippen molar-refractivity contribution in [1.29, 1.82) is 0 Å². The van der Waals surface area contributed by atoms with E-state index in [1.165, 1.54) is 38.5 Å². The Balaban J connectivity index is 3.29. The molecule has 0 aromatic rings. The lowest BCUT2D eigenvalue weighted by molar-refractivity contribution is -0.148. The SMILES string of the molecule is CCCCCCCCCCC(=O)OCN(CC)CC. The number of nitrogens with zero attached hydrogens (tertiary/aromatic N) is 1. The van der Waals surface area contributed by atoms with E-state index in [-0.39, 0.29) is 5.97 Å². The molecule has 0 spiro atoms. The zero-order valence-corrected chi connectivity index (χ0v) is 13.2. The molecule has 0 bridgehead atoms. The van der Waals surface area contributed by atoms with E-state index in [2.05, 4.69) is 25.7 Å². The summed E-state index contributed by atoms with van der Waals surface area (Å²) >= 11 is 0. The van der Waals surface area contributed by atoms with Crippen LogP contribution in [0.1, 0.15) is 78.6 Å². The summed E-state index contributed by atoms with van der Waals surface area (Å²) in [6, 6.07) is 0. The molecule has 0 fully saturated rings. The van der Waals surface area contributed by atoms with Gasteiger partial charge < -0.3 is 4.74 Å². The average molecular weight is 271 g/mol. The third kappa shape index (κ3) is 12.2. The van der Waals surface area contributed by atoms with Crippen molar-refractivity contribution >= 4 is 5.97 Å². The summed E-state index contributed by atoms with van der Waals surface area (Å²) in [7, 11) is 0. The molecule has 0 heterocycles. The molecular formula is C16H33NO2. The highest BCUT2D eigenvalue weighted by Gasteiger charge is 2.05. The molecule has 0 aromatic heterocycles. The normalized spacial score (nSPS) is 10.9. The maximum atomic E-state index is 11.5. The van der Waals surface area contributed by atoms with Gasteiger partial charge in [-0.05, 0) is 19.5 Å². The molecule has 0 radical (unpaired) electrons. The van der Waals surface area contributed by atoms with E-state index >= 15 is 0 Å². The fourth-order valence-corrected chi connectivity index (χ4v) is 2.04. The Kier molecular flexibility index (Phi) is 13.4. The first-order valence-electron chi connectivity index (χ1n) is 8.12. The van der Waals surface area contributed by atoms with Gasteiger partial charge in [0.05, 0.1) is 0 Å². The Morgan fingerprint density at radius 1 is 0.842 bits per heavy atom. The van der Waals surface area contributed by atoms with Crippen molar-refractivity contribution in [2.24, 2.45) is 0 Å². The quantitative estimate of drug-likeness (QED) is 0.283. The molecule has 0 N–H and O–H groups in total. The number of ether oxygens (including phenoxy) is 1. The van der Waals surface area contributed by atoms with Gasteiger partial charge in [-0.1, -0.05) is 65.7 Å². The number of carbonyl (C=O) groups excluding carboxylic acids is 1. The molecule has 0 aliphatic carbocycles. The molecule has 0 saturated carbocycles. The molecule has 3 nitrogen and oxygen atoms in total. The number of esters is 1. The fourth-order valence-electron chi connectivity index (χ4n) is 2.04. The molecule has 3 heteroatoms. The van der Waals surface area contributed by atoms with E-state index in [4.69, 9.17) is 4.74 Å². The van der Waals surface area contributed by atoms with Crippen LogP contribution in [0.5, 0.6) is 0 Å². The lowest BCUT2D eigenvalue weighted by Crippen LogP contribution is -2.27. The molecule has 0 unspecified atom stereocenters. The smallest absolute Gasteiger partial charge is 0.307 e. The van der Waals surface area contributed by atoms with Crippen molar-refractivity contribution in [3.63, 3.8) is 0 Å². The van der Waals surface area contributed by atoms with Gasteiger partial charge in [-0.2, -0.15) is 0 Å². The summed E-state index contributed by atoms with van der Waals surface area (Å²) in [5.41, 5.74) is 0. The van der Waals surface area contributed by atoms with Gasteiger partial charge in [0.25, 0.3) is 0 Å². The highest BCUT2D eigenvalue weighted by Crippen LogP contribution is 2.09. The van der Waals surface area contributed by atoms with Crippen LogP contribution >= 0.6 is 0 Å². The van der Waals surface area contributed by atoms with E-state index in [9.17, 15) is 4.79 Å². The van der Waals surface area contributed by atoms with Crippen LogP contribution < -0.4 is 0 Å². The van der Waals surface area contributed by atoms with E-state index in [0.717, 1.165) is 25.9 Å². The van der Waals surface area contributed by atoms with Gasteiger partial charge in [0.15, 0.2) is 0 Å². The standard InChI is InChI=1S/C16H33NO2/c1-4-7-8-9-10-11-12-13-14-16(18)19-15-17(5-2)6-3/h4-15H2,1-3H3. The van der Waals surface area contributed by atoms with Crippen molar-refractivity contribution in [3.05, 3.63) is 0 Å². The maximum absolute atomic E-state index is 11.5. The van der Waals surface area contributed by atoms with Crippen LogP contribution in [0.2, 0.25) is 0 Å². The second kappa shape index (κ2) is 13.9. The van der Waals surface area contributed by atoms with Crippen molar-refractivity contribution in [2.45, 2.75) is 78.6 Å². The minimum absolute atomic E-state index is 0.0436. The molecule has 0 aliphatic rings. The van der Waals surface area contributed by atoms with Crippen LogP contribution in [0.15, 0.2) is 0 Å². The Hall–Kier alpha value is -0.570. The van der Waals surface area contributed by atoms with E-state index in [1.807, 2.05) is 0 Å². The summed E-state index contributed by atoms with van der Waals surface area (Å²) in [6.45, 7) is 8.71. The summed E-state index contributed by atoms with van der Waals surface area (Å²) in [5, 5.41) is 0. The van der Waals surface area contributed by atoms with Crippen LogP contribution in [0.4, 0.5) is 0 Å². The lowest BCUT2D eigenvalue weighted by Gasteiger charge is -2.17. The Morgan fingerprint density at radius 2 is 1.37 bits per heavy atom. The molecule has 0 atom stereocenters. The Bertz CT molecular complexity index is 203. The Morgan fingerprint density at radius 3 is 1.89 bits per heavy atom. The number of carbonyl (C=O) groups is 1. The van der Waals surface area contributed by atoms with Gasteiger partial charge in [0, 0.05) is 6.42 Å². The lowest BCUT2D eigenvalue weighted by atomic mass is 10.1. The molecule has 0 saturated heterocycles. The van der Waals surface area contributed by atoms with Crippen molar-refractivity contribution in [1.82, 2.24) is 4.90 Å². The van der Waals surface area contributed by atoms with Gasteiger partial charge >= 0.3 is 5.97 Å². The van der Waals surface area contributed by atoms with Gasteiger partial charge in [0.1, 0.15) is 6.73 Å². The zero-order chi connectivity index (χ0) is 14.3. The van der Waals surface area contributed by atoms with Gasteiger partial charge in [-0.3, -0.25) is 9.69 Å². The number of hydrogen-bond donors (Lipinski definition) is 0. The minimum atomic E-state index is -0.0436. The molecule has 0 aromatic carbocycles. The topological polar surface area (TPSA) is 29.5 Å². The first kappa shape index (κ1) is 18.4. The summed E-state index contributed by atoms with van der Waals surface area (Å²) in [5.74, 6) is -0.0436. The third-order valence-corrected chi connectivity index (χ3v) is 3.54. The van der Waals surface area contributed by atoms with E-state index in [0.29, 0.717) is 13.2 Å². The third-order valence-electron chi connectivity index (χ3n) is 3.54. The first-order valence-corrected chi connectivity index (χ1v) is 8.12. The van der Waals surface area contributed by atoms with Gasteiger partial charge in [-0.15, -0.1) is 0 Å². The van der Waals surface area contributed by atoms with Crippen LogP contribution in [0.3, 0.4) is 0 Å². The predicted octanol–water partition coefficient (Wildman–Crippen LogP) is 4.36. The molecule has 114 valence electrons. The molecular weight excluding hydrogens is 238 g/mol. The second-order valence-electron chi connectivity index (χ2n) is 5.17. The van der Waals surface area contributed by atoms with Crippen LogP contribution in [0, 0.1) is 0 Å². The molecule has 0 aliphatic heterocycles. The van der Waals surface area contributed by atoms with Gasteiger partial charge in [-0.25, -0.2) is 0 Å². The average Bonchev–Trinajstić information content (AvgIpc) is 2.43. The predicted molar refractivity (Wildman–Crippen MR) is 81.1 cm³/mol. The number of hydrogen-bond acceptors (Lipinski definition) is 3. The minimum Gasteiger partial charge on any atom is -0.449 e. The zero-order valence-electron chi connectivity index (χ0n) is 13.2.